The Bertz CT molecular complexity index is 792. The van der Waals surface area contributed by atoms with Crippen LogP contribution >= 0.6 is 11.3 Å². The quantitative estimate of drug-likeness (QED) is 0.830. The van der Waals surface area contributed by atoms with Crippen molar-refractivity contribution in [3.8, 4) is 6.07 Å². The molecule has 24 heavy (non-hydrogen) atoms. The van der Waals surface area contributed by atoms with Crippen molar-refractivity contribution in [2.75, 3.05) is 18.1 Å². The van der Waals surface area contributed by atoms with Crippen molar-refractivity contribution in [3.63, 3.8) is 0 Å². The number of amides is 1. The number of carbonyl (C=O) groups excluding carboxylic acids is 1. The van der Waals surface area contributed by atoms with Gasteiger partial charge in [-0.2, -0.15) is 9.57 Å². The van der Waals surface area contributed by atoms with Gasteiger partial charge in [-0.3, -0.25) is 4.79 Å². The first-order valence-electron chi connectivity index (χ1n) is 8.24. The number of nitrogens with one attached hydrogen (secondary N) is 1. The highest BCUT2D eigenvalue weighted by atomic mass is 32.2. The molecule has 0 aromatic carbocycles. The predicted octanol–water partition coefficient (Wildman–Crippen LogP) is 2.25. The summed E-state index contributed by atoms with van der Waals surface area (Å²) in [5.41, 5.74) is 1.64. The first-order valence-corrected chi connectivity index (χ1v) is 10.9. The summed E-state index contributed by atoms with van der Waals surface area (Å²) in [6.45, 7) is 0.378. The van der Waals surface area contributed by atoms with Gasteiger partial charge in [0.1, 0.15) is 17.1 Å². The topological polar surface area (TPSA) is 90.3 Å². The molecule has 130 valence electrons. The van der Waals surface area contributed by atoms with Crippen molar-refractivity contribution in [2.45, 2.75) is 51.0 Å². The molecule has 0 radical (unpaired) electrons. The Labute approximate surface area is 146 Å². The van der Waals surface area contributed by atoms with Crippen LogP contribution in [0.1, 0.15) is 48.1 Å². The lowest BCUT2D eigenvalue weighted by Gasteiger charge is -2.21. The number of nitriles is 1. The largest absolute Gasteiger partial charge is 0.315 e. The molecule has 1 aliphatic carbocycles. The van der Waals surface area contributed by atoms with Gasteiger partial charge in [-0.15, -0.1) is 11.3 Å². The summed E-state index contributed by atoms with van der Waals surface area (Å²) < 4.78 is 24.9. The van der Waals surface area contributed by atoms with E-state index in [2.05, 4.69) is 11.4 Å². The highest BCUT2D eigenvalue weighted by Crippen LogP contribution is 2.37. The number of nitrogens with zero attached hydrogens (tertiary/aromatic N) is 2. The number of fused-ring (bicyclic) bond motifs is 1. The van der Waals surface area contributed by atoms with Crippen LogP contribution in [0, 0.1) is 11.3 Å². The molecular formula is C16H21N3O3S2. The van der Waals surface area contributed by atoms with Crippen molar-refractivity contribution in [1.82, 2.24) is 4.31 Å². The molecule has 8 heteroatoms. The molecule has 1 unspecified atom stereocenters. The Balaban J connectivity index is 1.84. The SMILES string of the molecule is CS(=O)(=O)N1CCCC1C(=O)Nc1sc2c(c1C#N)CCCCC2. The lowest BCUT2D eigenvalue weighted by Crippen LogP contribution is -2.42. The lowest BCUT2D eigenvalue weighted by molar-refractivity contribution is -0.119. The Morgan fingerprint density at radius 1 is 1.29 bits per heavy atom. The molecular weight excluding hydrogens is 346 g/mol. The summed E-state index contributed by atoms with van der Waals surface area (Å²) >= 11 is 1.47. The van der Waals surface area contributed by atoms with Gasteiger partial charge in [0, 0.05) is 11.4 Å². The summed E-state index contributed by atoms with van der Waals surface area (Å²) in [7, 11) is -3.40. The molecule has 1 N–H and O–H groups in total. The molecule has 0 bridgehead atoms. The minimum atomic E-state index is -3.40. The van der Waals surface area contributed by atoms with E-state index in [1.54, 1.807) is 0 Å². The van der Waals surface area contributed by atoms with Crippen LogP contribution < -0.4 is 5.32 Å². The van der Waals surface area contributed by atoms with Crippen molar-refractivity contribution >= 4 is 32.3 Å². The second-order valence-corrected chi connectivity index (χ2v) is 9.44. The molecule has 1 amide bonds. The molecule has 1 aromatic rings. The maximum absolute atomic E-state index is 12.6. The van der Waals surface area contributed by atoms with Crippen LogP contribution in [0.4, 0.5) is 5.00 Å². The zero-order valence-corrected chi connectivity index (χ0v) is 15.3. The minimum Gasteiger partial charge on any atom is -0.315 e. The Morgan fingerprint density at radius 2 is 2.04 bits per heavy atom. The van der Waals surface area contributed by atoms with Crippen LogP contribution in [0.5, 0.6) is 0 Å². The van der Waals surface area contributed by atoms with Gasteiger partial charge in [0.25, 0.3) is 0 Å². The molecule has 1 saturated heterocycles. The van der Waals surface area contributed by atoms with E-state index in [0.717, 1.165) is 37.5 Å². The van der Waals surface area contributed by atoms with E-state index in [1.165, 1.54) is 26.9 Å². The van der Waals surface area contributed by atoms with Gasteiger partial charge in [0.15, 0.2) is 0 Å². The van der Waals surface area contributed by atoms with Crippen LogP contribution in [-0.4, -0.2) is 37.5 Å². The first kappa shape index (κ1) is 17.4. The van der Waals surface area contributed by atoms with E-state index in [0.29, 0.717) is 30.0 Å². The van der Waals surface area contributed by atoms with E-state index >= 15 is 0 Å². The number of carbonyl (C=O) groups is 1. The van der Waals surface area contributed by atoms with E-state index in [-0.39, 0.29) is 5.91 Å². The predicted molar refractivity (Wildman–Crippen MR) is 93.5 cm³/mol. The number of rotatable bonds is 3. The van der Waals surface area contributed by atoms with Crippen molar-refractivity contribution in [1.29, 1.82) is 5.26 Å². The number of hydrogen-bond acceptors (Lipinski definition) is 5. The smallest absolute Gasteiger partial charge is 0.243 e. The second kappa shape index (κ2) is 6.82. The van der Waals surface area contributed by atoms with Gasteiger partial charge in [0.2, 0.25) is 15.9 Å². The van der Waals surface area contributed by atoms with E-state index in [9.17, 15) is 18.5 Å². The molecule has 2 aliphatic rings. The Kier molecular flexibility index (Phi) is 4.95. The average molecular weight is 367 g/mol. The van der Waals surface area contributed by atoms with Crippen LogP contribution in [0.15, 0.2) is 0 Å². The summed E-state index contributed by atoms with van der Waals surface area (Å²) in [6.07, 6.45) is 7.49. The van der Waals surface area contributed by atoms with Crippen LogP contribution in [-0.2, 0) is 27.7 Å². The fourth-order valence-electron chi connectivity index (χ4n) is 3.54. The zero-order valence-electron chi connectivity index (χ0n) is 13.7. The minimum absolute atomic E-state index is 0.328. The summed E-state index contributed by atoms with van der Waals surface area (Å²) in [5.74, 6) is -0.328. The van der Waals surface area contributed by atoms with Crippen LogP contribution in [0.3, 0.4) is 0 Å². The third-order valence-corrected chi connectivity index (χ3v) is 7.20. The highest BCUT2D eigenvalue weighted by molar-refractivity contribution is 7.88. The molecule has 0 saturated carbocycles. The second-order valence-electron chi connectivity index (χ2n) is 6.40. The van der Waals surface area contributed by atoms with Gasteiger partial charge < -0.3 is 5.32 Å². The molecule has 1 aromatic heterocycles. The fraction of sp³-hybridized carbons (Fsp3) is 0.625. The van der Waals surface area contributed by atoms with Crippen LogP contribution in [0.2, 0.25) is 0 Å². The summed E-state index contributed by atoms with van der Waals surface area (Å²) in [6, 6.07) is 1.56. The number of thiophene rings is 1. The van der Waals surface area contributed by atoms with Gasteiger partial charge >= 0.3 is 0 Å². The van der Waals surface area contributed by atoms with Gasteiger partial charge in [0.05, 0.1) is 11.8 Å². The van der Waals surface area contributed by atoms with Crippen molar-refractivity contribution in [2.24, 2.45) is 0 Å². The normalized spacial score (nSPS) is 21.8. The molecule has 0 spiro atoms. The molecule has 2 heterocycles. The molecule has 1 atom stereocenters. The fourth-order valence-corrected chi connectivity index (χ4v) is 5.91. The van der Waals surface area contributed by atoms with Crippen molar-refractivity contribution in [3.05, 3.63) is 16.0 Å². The van der Waals surface area contributed by atoms with Gasteiger partial charge in [-0.05, 0) is 44.1 Å². The maximum atomic E-state index is 12.6. The molecule has 1 fully saturated rings. The summed E-state index contributed by atoms with van der Waals surface area (Å²) in [5, 5.41) is 12.9. The number of sulfonamides is 1. The van der Waals surface area contributed by atoms with E-state index in [1.807, 2.05) is 0 Å². The summed E-state index contributed by atoms with van der Waals surface area (Å²) in [4.78, 5) is 13.8. The number of hydrogen-bond donors (Lipinski definition) is 1. The van der Waals surface area contributed by atoms with Gasteiger partial charge in [-0.1, -0.05) is 6.42 Å². The average Bonchev–Trinajstić information content (AvgIpc) is 3.06. The van der Waals surface area contributed by atoms with Crippen LogP contribution in [0.25, 0.3) is 0 Å². The Hall–Kier alpha value is -1.43. The standard InChI is InChI=1S/C16H21N3O3S2/c1-24(21,22)19-9-5-7-13(19)15(20)18-16-12(10-17)11-6-3-2-4-8-14(11)23-16/h13H,2-9H2,1H3,(H,18,20). The van der Waals surface area contributed by atoms with E-state index < -0.39 is 16.1 Å². The highest BCUT2D eigenvalue weighted by Gasteiger charge is 2.37. The number of aryl methyl sites for hydroxylation is 1. The first-order chi connectivity index (χ1) is 11.4. The Morgan fingerprint density at radius 3 is 2.75 bits per heavy atom. The molecule has 6 nitrogen and oxygen atoms in total. The van der Waals surface area contributed by atoms with Gasteiger partial charge in [-0.25, -0.2) is 8.42 Å². The third-order valence-electron chi connectivity index (χ3n) is 4.70. The maximum Gasteiger partial charge on any atom is 0.243 e. The zero-order chi connectivity index (χ0) is 17.3. The molecule has 1 aliphatic heterocycles. The third kappa shape index (κ3) is 3.34. The molecule has 3 rings (SSSR count). The van der Waals surface area contributed by atoms with Crippen molar-refractivity contribution < 1.29 is 13.2 Å². The number of anilines is 1. The monoisotopic (exact) mass is 367 g/mol. The lowest BCUT2D eigenvalue weighted by atomic mass is 10.1. The van der Waals surface area contributed by atoms with E-state index in [4.69, 9.17) is 0 Å².